The molecular weight excluding hydrogens is 314 g/mol. The first-order valence-corrected chi connectivity index (χ1v) is 7.97. The van der Waals surface area contributed by atoms with E-state index in [0.29, 0.717) is 11.5 Å². The minimum Gasteiger partial charge on any atom is -0.493 e. The van der Waals surface area contributed by atoms with Crippen LogP contribution in [0.3, 0.4) is 0 Å². The molecule has 0 unspecified atom stereocenters. The van der Waals surface area contributed by atoms with Gasteiger partial charge in [0.1, 0.15) is 4.34 Å². The van der Waals surface area contributed by atoms with Gasteiger partial charge in [0, 0.05) is 5.56 Å². The monoisotopic (exact) mass is 329 g/mol. The molecule has 0 saturated carbocycles. The van der Waals surface area contributed by atoms with E-state index in [4.69, 9.17) is 9.47 Å². The van der Waals surface area contributed by atoms with Gasteiger partial charge in [-0.3, -0.25) is 0 Å². The molecule has 22 heavy (non-hydrogen) atoms. The fraction of sp³-hybridized carbons (Fsp3) is 0.118. The van der Waals surface area contributed by atoms with E-state index in [9.17, 15) is 0 Å². The van der Waals surface area contributed by atoms with Crippen LogP contribution < -0.4 is 9.47 Å². The largest absolute Gasteiger partial charge is 0.493 e. The summed E-state index contributed by atoms with van der Waals surface area (Å²) in [4.78, 5) is 5.63. The van der Waals surface area contributed by atoms with Gasteiger partial charge in [-0.05, 0) is 23.8 Å². The van der Waals surface area contributed by atoms with E-state index < -0.39 is 0 Å². The molecule has 0 amide bonds. The number of hydrogen-bond donors (Lipinski definition) is 1. The summed E-state index contributed by atoms with van der Waals surface area (Å²) in [5.74, 6) is 1.41. The number of benzene rings is 2. The maximum Gasteiger partial charge on any atom is 0.161 e. The molecule has 0 saturated heterocycles. The fourth-order valence-electron chi connectivity index (χ4n) is 2.27. The second-order valence-electron chi connectivity index (χ2n) is 4.61. The van der Waals surface area contributed by atoms with Gasteiger partial charge in [0.05, 0.1) is 24.8 Å². The van der Waals surface area contributed by atoms with Crippen LogP contribution >= 0.6 is 24.0 Å². The molecule has 1 aromatic heterocycles. The zero-order chi connectivity index (χ0) is 15.5. The Kier molecular flexibility index (Phi) is 4.36. The van der Waals surface area contributed by atoms with Crippen LogP contribution in [0, 0.1) is 0 Å². The summed E-state index contributed by atoms with van der Waals surface area (Å²) < 4.78 is 11.4. The lowest BCUT2D eigenvalue weighted by atomic mass is 10.1. The van der Waals surface area contributed by atoms with E-state index in [-0.39, 0.29) is 0 Å². The van der Waals surface area contributed by atoms with E-state index in [2.05, 4.69) is 17.6 Å². The Labute approximate surface area is 139 Å². The molecule has 0 radical (unpaired) electrons. The Morgan fingerprint density at radius 2 is 1.64 bits per heavy atom. The summed E-state index contributed by atoms with van der Waals surface area (Å²) in [6.45, 7) is 0. The summed E-state index contributed by atoms with van der Waals surface area (Å²) in [5.41, 5.74) is 3.04. The highest BCUT2D eigenvalue weighted by Gasteiger charge is 2.15. The van der Waals surface area contributed by atoms with Crippen molar-refractivity contribution in [1.29, 1.82) is 0 Å². The maximum atomic E-state index is 5.39. The van der Waals surface area contributed by atoms with Crippen molar-refractivity contribution < 1.29 is 9.47 Å². The van der Waals surface area contributed by atoms with Crippen LogP contribution in [0.4, 0.5) is 0 Å². The van der Waals surface area contributed by atoms with Gasteiger partial charge in [-0.2, -0.15) is 0 Å². The molecule has 0 aliphatic carbocycles. The summed E-state index contributed by atoms with van der Waals surface area (Å²) in [6, 6.07) is 16.0. The zero-order valence-electron chi connectivity index (χ0n) is 12.2. The molecule has 3 aromatic rings. The molecule has 0 atom stereocenters. The van der Waals surface area contributed by atoms with Crippen LogP contribution in [0.2, 0.25) is 0 Å². The van der Waals surface area contributed by atoms with Gasteiger partial charge in [0.2, 0.25) is 0 Å². The minimum absolute atomic E-state index is 0.702. The van der Waals surface area contributed by atoms with Crippen LogP contribution in [0.15, 0.2) is 52.9 Å². The Morgan fingerprint density at radius 1 is 0.909 bits per heavy atom. The third-order valence-corrected chi connectivity index (χ3v) is 4.59. The van der Waals surface area contributed by atoms with Crippen molar-refractivity contribution in [2.45, 2.75) is 4.34 Å². The predicted octanol–water partition coefficient (Wildman–Crippen LogP) is 4.78. The normalized spacial score (nSPS) is 10.5. The summed E-state index contributed by atoms with van der Waals surface area (Å²) in [7, 11) is 3.27. The van der Waals surface area contributed by atoms with E-state index >= 15 is 0 Å². The average molecular weight is 329 g/mol. The molecule has 3 rings (SSSR count). The van der Waals surface area contributed by atoms with Crippen LogP contribution in [0.1, 0.15) is 0 Å². The third kappa shape index (κ3) is 2.82. The smallest absolute Gasteiger partial charge is 0.161 e. The average Bonchev–Trinajstić information content (AvgIpc) is 2.97. The molecule has 0 spiro atoms. The third-order valence-electron chi connectivity index (χ3n) is 3.31. The Balaban J connectivity index is 2.13. The molecule has 3 nitrogen and oxygen atoms in total. The second kappa shape index (κ2) is 6.42. The molecule has 5 heteroatoms. The standard InChI is InChI=1S/C17H15NO2S2/c1-19-13-9-8-12(10-14(13)20-2)16-15(18-17(21)22-16)11-6-4-3-5-7-11/h3-10H,1-2H3,(H,18,21). The Bertz CT molecular complexity index is 785. The van der Waals surface area contributed by atoms with Crippen LogP contribution in [0.25, 0.3) is 21.7 Å². The van der Waals surface area contributed by atoms with Crippen molar-refractivity contribution in [3.05, 3.63) is 48.5 Å². The molecule has 0 bridgehead atoms. The molecule has 0 aliphatic heterocycles. The van der Waals surface area contributed by atoms with Crippen LogP contribution in [-0.2, 0) is 0 Å². The van der Waals surface area contributed by atoms with Crippen molar-refractivity contribution in [2.75, 3.05) is 14.2 Å². The first-order valence-electron chi connectivity index (χ1n) is 6.70. The number of thiazole rings is 1. The zero-order valence-corrected chi connectivity index (χ0v) is 13.9. The second-order valence-corrected chi connectivity index (χ2v) is 6.34. The van der Waals surface area contributed by atoms with E-state index in [1.54, 1.807) is 25.6 Å². The Morgan fingerprint density at radius 3 is 2.32 bits per heavy atom. The number of ether oxygens (including phenoxy) is 2. The number of hydrogen-bond acceptors (Lipinski definition) is 5. The summed E-state index contributed by atoms with van der Waals surface area (Å²) >= 11 is 5.97. The minimum atomic E-state index is 0.702. The highest BCUT2D eigenvalue weighted by atomic mass is 32.2. The van der Waals surface area contributed by atoms with Crippen molar-refractivity contribution in [1.82, 2.24) is 4.98 Å². The van der Waals surface area contributed by atoms with Crippen molar-refractivity contribution >= 4 is 24.0 Å². The van der Waals surface area contributed by atoms with Crippen LogP contribution in [0.5, 0.6) is 11.5 Å². The predicted molar refractivity (Wildman–Crippen MR) is 93.3 cm³/mol. The number of aromatic nitrogens is 1. The number of rotatable bonds is 4. The Hall–Kier alpha value is -1.98. The van der Waals surface area contributed by atoms with Crippen molar-refractivity contribution in [3.63, 3.8) is 0 Å². The SMILES string of the molecule is COc1ccc(-c2sc(S)nc2-c2ccccc2)cc1OC. The van der Waals surface area contributed by atoms with Gasteiger partial charge in [-0.25, -0.2) is 4.98 Å². The summed E-state index contributed by atoms with van der Waals surface area (Å²) in [6.07, 6.45) is 0. The fourth-order valence-corrected chi connectivity index (χ4v) is 3.47. The lowest BCUT2D eigenvalue weighted by Crippen LogP contribution is -1.91. The lowest BCUT2D eigenvalue weighted by Gasteiger charge is -2.09. The van der Waals surface area contributed by atoms with Gasteiger partial charge >= 0.3 is 0 Å². The van der Waals surface area contributed by atoms with E-state index in [0.717, 1.165) is 26.0 Å². The molecule has 0 N–H and O–H groups in total. The lowest BCUT2D eigenvalue weighted by molar-refractivity contribution is 0.355. The molecule has 112 valence electrons. The van der Waals surface area contributed by atoms with Gasteiger partial charge in [-0.15, -0.1) is 24.0 Å². The number of thiol groups is 1. The van der Waals surface area contributed by atoms with Gasteiger partial charge in [0.15, 0.2) is 11.5 Å². The quantitative estimate of drug-likeness (QED) is 0.699. The van der Waals surface area contributed by atoms with Crippen molar-refractivity contribution in [2.24, 2.45) is 0 Å². The molecule has 0 aliphatic rings. The highest BCUT2D eigenvalue weighted by molar-refractivity contribution is 7.82. The van der Waals surface area contributed by atoms with Gasteiger partial charge in [-0.1, -0.05) is 30.3 Å². The first kappa shape index (κ1) is 14.9. The van der Waals surface area contributed by atoms with Crippen molar-refractivity contribution in [3.8, 4) is 33.2 Å². The van der Waals surface area contributed by atoms with Crippen LogP contribution in [-0.4, -0.2) is 19.2 Å². The summed E-state index contributed by atoms with van der Waals surface area (Å²) in [5, 5.41) is 0. The van der Waals surface area contributed by atoms with E-state index in [1.165, 1.54) is 0 Å². The molecular formula is C17H15NO2S2. The number of nitrogens with zero attached hydrogens (tertiary/aromatic N) is 1. The number of methoxy groups -OCH3 is 2. The molecule has 2 aromatic carbocycles. The van der Waals surface area contributed by atoms with Gasteiger partial charge in [0.25, 0.3) is 0 Å². The maximum absolute atomic E-state index is 5.39. The molecule has 1 heterocycles. The van der Waals surface area contributed by atoms with Gasteiger partial charge < -0.3 is 9.47 Å². The van der Waals surface area contributed by atoms with E-state index in [1.807, 2.05) is 48.5 Å². The topological polar surface area (TPSA) is 31.4 Å². The highest BCUT2D eigenvalue weighted by Crippen LogP contribution is 2.41. The molecule has 0 fully saturated rings. The first-order chi connectivity index (χ1) is 10.7.